The number of ketones is 2. The van der Waals surface area contributed by atoms with E-state index in [1.165, 1.54) is 12.1 Å². The van der Waals surface area contributed by atoms with E-state index >= 15 is 0 Å². The summed E-state index contributed by atoms with van der Waals surface area (Å²) in [6.07, 6.45) is 0.821. The number of benzene rings is 2. The Hall–Kier alpha value is -2.29. The summed E-state index contributed by atoms with van der Waals surface area (Å²) in [5, 5.41) is 0. The largest absolute Gasteiger partial charge is 0.293 e. The first-order valence-electron chi connectivity index (χ1n) is 7.10. The molecule has 0 unspecified atom stereocenters. The number of Topliss-reactive ketones (excluding diaryl/α,β-unsaturated/α-hetero) is 2. The van der Waals surface area contributed by atoms with Crippen LogP contribution >= 0.6 is 0 Å². The molecule has 0 radical (unpaired) electrons. The molecule has 2 atom stereocenters. The summed E-state index contributed by atoms with van der Waals surface area (Å²) < 4.78 is 13.0. The third kappa shape index (κ3) is 1.84. The summed E-state index contributed by atoms with van der Waals surface area (Å²) in [6, 6.07) is 13.4. The average molecular weight is 280 g/mol. The normalized spacial score (nSPS) is 24.2. The van der Waals surface area contributed by atoms with Crippen molar-refractivity contribution in [1.29, 1.82) is 0 Å². The van der Waals surface area contributed by atoms with Crippen molar-refractivity contribution in [2.45, 2.75) is 12.3 Å². The first-order valence-corrected chi connectivity index (χ1v) is 7.10. The SMILES string of the molecule is O=C1c2ccccc2C(=O)C1[C@H]1C[C@@H]1c1ccc(F)cc1. The molecule has 0 spiro atoms. The van der Waals surface area contributed by atoms with Crippen LogP contribution in [0.2, 0.25) is 0 Å². The second-order valence-electron chi connectivity index (χ2n) is 5.81. The van der Waals surface area contributed by atoms with E-state index in [1.54, 1.807) is 36.4 Å². The number of halogens is 1. The summed E-state index contributed by atoms with van der Waals surface area (Å²) in [7, 11) is 0. The highest BCUT2D eigenvalue weighted by molar-refractivity contribution is 6.26. The average Bonchev–Trinajstić information content (AvgIpc) is 3.23. The topological polar surface area (TPSA) is 34.1 Å². The lowest BCUT2D eigenvalue weighted by Gasteiger charge is -2.06. The van der Waals surface area contributed by atoms with Crippen LogP contribution in [0.3, 0.4) is 0 Å². The molecular weight excluding hydrogens is 267 g/mol. The van der Waals surface area contributed by atoms with Gasteiger partial charge in [-0.1, -0.05) is 36.4 Å². The fourth-order valence-corrected chi connectivity index (χ4v) is 3.43. The number of carbonyl (C=O) groups excluding carboxylic acids is 2. The van der Waals surface area contributed by atoms with Crippen molar-refractivity contribution in [3.8, 4) is 0 Å². The summed E-state index contributed by atoms with van der Waals surface area (Å²) in [6.45, 7) is 0. The maximum Gasteiger partial charge on any atom is 0.174 e. The van der Waals surface area contributed by atoms with Gasteiger partial charge in [-0.15, -0.1) is 0 Å². The zero-order valence-corrected chi connectivity index (χ0v) is 11.3. The van der Waals surface area contributed by atoms with Crippen molar-refractivity contribution >= 4 is 11.6 Å². The summed E-state index contributed by atoms with van der Waals surface area (Å²) >= 11 is 0. The van der Waals surface area contributed by atoms with Gasteiger partial charge in [0.05, 0.1) is 5.92 Å². The molecule has 3 heteroatoms. The van der Waals surface area contributed by atoms with E-state index in [2.05, 4.69) is 0 Å². The van der Waals surface area contributed by atoms with Gasteiger partial charge >= 0.3 is 0 Å². The van der Waals surface area contributed by atoms with Crippen LogP contribution in [-0.2, 0) is 0 Å². The number of hydrogen-bond acceptors (Lipinski definition) is 2. The van der Waals surface area contributed by atoms with Gasteiger partial charge in [0.1, 0.15) is 5.82 Å². The third-order valence-corrected chi connectivity index (χ3v) is 4.59. The van der Waals surface area contributed by atoms with E-state index in [0.29, 0.717) is 11.1 Å². The Kier molecular flexibility index (Phi) is 2.58. The second kappa shape index (κ2) is 4.35. The molecule has 0 saturated heterocycles. The Labute approximate surface area is 121 Å². The fraction of sp³-hybridized carbons (Fsp3) is 0.222. The monoisotopic (exact) mass is 280 g/mol. The summed E-state index contributed by atoms with van der Waals surface area (Å²) in [5.41, 5.74) is 2.12. The van der Waals surface area contributed by atoms with E-state index in [4.69, 9.17) is 0 Å². The minimum atomic E-state index is -0.544. The van der Waals surface area contributed by atoms with Gasteiger partial charge in [0.2, 0.25) is 0 Å². The van der Waals surface area contributed by atoms with Crippen LogP contribution in [-0.4, -0.2) is 11.6 Å². The van der Waals surface area contributed by atoms with Crippen molar-refractivity contribution in [3.63, 3.8) is 0 Å². The Morgan fingerprint density at radius 1 is 0.857 bits per heavy atom. The van der Waals surface area contributed by atoms with Gasteiger partial charge in [-0.3, -0.25) is 9.59 Å². The molecule has 2 aromatic carbocycles. The van der Waals surface area contributed by atoms with Crippen molar-refractivity contribution < 1.29 is 14.0 Å². The second-order valence-corrected chi connectivity index (χ2v) is 5.81. The molecule has 0 amide bonds. The highest BCUT2D eigenvalue weighted by Gasteiger charge is 2.53. The molecule has 21 heavy (non-hydrogen) atoms. The minimum absolute atomic E-state index is 0.0507. The quantitative estimate of drug-likeness (QED) is 0.787. The zero-order chi connectivity index (χ0) is 14.6. The molecule has 1 fully saturated rings. The van der Waals surface area contributed by atoms with Gasteiger partial charge in [0.15, 0.2) is 11.6 Å². The van der Waals surface area contributed by atoms with Crippen LogP contribution in [0.1, 0.15) is 38.6 Å². The predicted octanol–water partition coefficient (Wildman–Crippen LogP) is 3.62. The molecule has 2 nitrogen and oxygen atoms in total. The molecule has 0 heterocycles. The van der Waals surface area contributed by atoms with Gasteiger partial charge in [0.25, 0.3) is 0 Å². The highest BCUT2D eigenvalue weighted by atomic mass is 19.1. The zero-order valence-electron chi connectivity index (χ0n) is 11.3. The van der Waals surface area contributed by atoms with E-state index in [9.17, 15) is 14.0 Å². The Balaban J connectivity index is 1.61. The molecule has 104 valence electrons. The number of rotatable bonds is 2. The molecule has 1 saturated carbocycles. The van der Waals surface area contributed by atoms with Crippen LogP contribution in [0.15, 0.2) is 48.5 Å². The maximum atomic E-state index is 13.0. The minimum Gasteiger partial charge on any atom is -0.293 e. The van der Waals surface area contributed by atoms with Crippen LogP contribution in [0.25, 0.3) is 0 Å². The Morgan fingerprint density at radius 2 is 1.43 bits per heavy atom. The van der Waals surface area contributed by atoms with Gasteiger partial charge in [0, 0.05) is 11.1 Å². The number of carbonyl (C=O) groups is 2. The molecule has 0 aliphatic heterocycles. The lowest BCUT2D eigenvalue weighted by molar-refractivity contribution is 0.0819. The van der Waals surface area contributed by atoms with Crippen LogP contribution < -0.4 is 0 Å². The van der Waals surface area contributed by atoms with E-state index < -0.39 is 5.92 Å². The number of hydrogen-bond donors (Lipinski definition) is 0. The molecular formula is C18H13FO2. The molecule has 0 N–H and O–H groups in total. The van der Waals surface area contributed by atoms with Crippen LogP contribution in [0, 0.1) is 17.7 Å². The smallest absolute Gasteiger partial charge is 0.174 e. The lowest BCUT2D eigenvalue weighted by atomic mass is 9.94. The van der Waals surface area contributed by atoms with E-state index in [1.807, 2.05) is 0 Å². The first kappa shape index (κ1) is 12.5. The van der Waals surface area contributed by atoms with Gasteiger partial charge in [-0.05, 0) is 36.0 Å². The predicted molar refractivity (Wildman–Crippen MR) is 75.8 cm³/mol. The molecule has 4 rings (SSSR count). The maximum absolute atomic E-state index is 13.0. The summed E-state index contributed by atoms with van der Waals surface area (Å²) in [5.74, 6) is -0.662. The van der Waals surface area contributed by atoms with Gasteiger partial charge in [-0.2, -0.15) is 0 Å². The Bertz CT molecular complexity index is 713. The highest BCUT2D eigenvalue weighted by Crippen LogP contribution is 2.54. The fourth-order valence-electron chi connectivity index (χ4n) is 3.43. The van der Waals surface area contributed by atoms with Crippen LogP contribution in [0.4, 0.5) is 4.39 Å². The lowest BCUT2D eigenvalue weighted by Crippen LogP contribution is -2.18. The van der Waals surface area contributed by atoms with Gasteiger partial charge < -0.3 is 0 Å². The van der Waals surface area contributed by atoms with Crippen molar-refractivity contribution in [1.82, 2.24) is 0 Å². The van der Waals surface area contributed by atoms with E-state index in [-0.39, 0.29) is 29.2 Å². The van der Waals surface area contributed by atoms with Crippen LogP contribution in [0.5, 0.6) is 0 Å². The first-order chi connectivity index (χ1) is 10.2. The molecule has 0 aromatic heterocycles. The third-order valence-electron chi connectivity index (χ3n) is 4.59. The standard InChI is InChI=1S/C18H13FO2/c19-11-7-5-10(6-8-11)14-9-15(14)16-17(20)12-3-1-2-4-13(12)18(16)21/h1-8,14-16H,9H2/t14-,15+/m1/s1. The molecule has 0 bridgehead atoms. The van der Waals surface area contributed by atoms with E-state index in [0.717, 1.165) is 12.0 Å². The summed E-state index contributed by atoms with van der Waals surface area (Å²) in [4.78, 5) is 24.9. The van der Waals surface area contributed by atoms with Crippen molar-refractivity contribution in [2.24, 2.45) is 11.8 Å². The molecule has 2 aromatic rings. The molecule has 2 aliphatic rings. The molecule has 2 aliphatic carbocycles. The van der Waals surface area contributed by atoms with Gasteiger partial charge in [-0.25, -0.2) is 4.39 Å². The number of fused-ring (bicyclic) bond motifs is 1. The Morgan fingerprint density at radius 3 is 2.00 bits per heavy atom. The van der Waals surface area contributed by atoms with Crippen molar-refractivity contribution in [3.05, 3.63) is 71.0 Å². The van der Waals surface area contributed by atoms with Crippen molar-refractivity contribution in [2.75, 3.05) is 0 Å².